The minimum atomic E-state index is -4.52. The lowest BCUT2D eigenvalue weighted by Gasteiger charge is -2.10. The first kappa shape index (κ1) is 11.1. The summed E-state index contributed by atoms with van der Waals surface area (Å²) in [6.07, 6.45) is -4.52. The maximum Gasteiger partial charge on any atom is 0.419 e. The number of benzene rings is 1. The van der Waals surface area contributed by atoms with Crippen molar-refractivity contribution in [3.63, 3.8) is 0 Å². The molecule has 0 heterocycles. The fourth-order valence-corrected chi connectivity index (χ4v) is 2.24. The standard InChI is InChI=1S/C7H2BrCl2F3/c8-3-1-4(9)6(5(10)2-3)7(11,12)13/h1-2H. The molecular weight excluding hydrogens is 292 g/mol. The molecule has 0 saturated carbocycles. The number of rotatable bonds is 0. The van der Waals surface area contributed by atoms with Gasteiger partial charge in [-0.1, -0.05) is 39.1 Å². The smallest absolute Gasteiger partial charge is 0.166 e. The van der Waals surface area contributed by atoms with Crippen LogP contribution >= 0.6 is 39.1 Å². The lowest BCUT2D eigenvalue weighted by Crippen LogP contribution is -2.06. The molecule has 0 saturated heterocycles. The van der Waals surface area contributed by atoms with E-state index in [4.69, 9.17) is 23.2 Å². The molecular formula is C7H2BrCl2F3. The van der Waals surface area contributed by atoms with Gasteiger partial charge in [-0.15, -0.1) is 0 Å². The largest absolute Gasteiger partial charge is 0.419 e. The van der Waals surface area contributed by atoms with E-state index in [1.54, 1.807) is 0 Å². The maximum atomic E-state index is 12.3. The Bertz CT molecular complexity index is 312. The van der Waals surface area contributed by atoms with Crippen LogP contribution in [0.2, 0.25) is 10.0 Å². The van der Waals surface area contributed by atoms with Crippen molar-refractivity contribution in [2.75, 3.05) is 0 Å². The van der Waals surface area contributed by atoms with Crippen LogP contribution in [0.15, 0.2) is 16.6 Å². The van der Waals surface area contributed by atoms with Gasteiger partial charge in [0.15, 0.2) is 0 Å². The Morgan fingerprint density at radius 2 is 1.46 bits per heavy atom. The second kappa shape index (κ2) is 3.67. The van der Waals surface area contributed by atoms with Gasteiger partial charge in [0.25, 0.3) is 0 Å². The van der Waals surface area contributed by atoms with Gasteiger partial charge in [-0.25, -0.2) is 0 Å². The first-order valence-corrected chi connectivity index (χ1v) is 4.59. The van der Waals surface area contributed by atoms with E-state index in [2.05, 4.69) is 15.9 Å². The molecule has 1 rings (SSSR count). The zero-order valence-corrected chi connectivity index (χ0v) is 9.02. The summed E-state index contributed by atoms with van der Waals surface area (Å²) in [6, 6.07) is 2.30. The fraction of sp³-hybridized carbons (Fsp3) is 0.143. The summed E-state index contributed by atoms with van der Waals surface area (Å²) in [6.45, 7) is 0. The van der Waals surface area contributed by atoms with Gasteiger partial charge in [0.2, 0.25) is 0 Å². The van der Waals surface area contributed by atoms with E-state index in [0.717, 1.165) is 12.1 Å². The highest BCUT2D eigenvalue weighted by molar-refractivity contribution is 9.10. The predicted octanol–water partition coefficient (Wildman–Crippen LogP) is 4.77. The molecule has 0 aromatic heterocycles. The van der Waals surface area contributed by atoms with Gasteiger partial charge in [0.1, 0.15) is 0 Å². The van der Waals surface area contributed by atoms with Gasteiger partial charge in [-0.2, -0.15) is 13.2 Å². The van der Waals surface area contributed by atoms with Gasteiger partial charge >= 0.3 is 6.18 Å². The third-order valence-corrected chi connectivity index (χ3v) is 2.34. The molecule has 0 fully saturated rings. The van der Waals surface area contributed by atoms with E-state index < -0.39 is 21.8 Å². The Kier molecular flexibility index (Phi) is 3.15. The van der Waals surface area contributed by atoms with Crippen LogP contribution in [0.1, 0.15) is 5.56 Å². The van der Waals surface area contributed by atoms with Gasteiger partial charge in [0.05, 0.1) is 15.6 Å². The van der Waals surface area contributed by atoms with Gasteiger partial charge in [-0.05, 0) is 12.1 Å². The van der Waals surface area contributed by atoms with Gasteiger partial charge in [-0.3, -0.25) is 0 Å². The third kappa shape index (κ3) is 2.51. The number of hydrogen-bond acceptors (Lipinski definition) is 0. The maximum absolute atomic E-state index is 12.3. The third-order valence-electron chi connectivity index (χ3n) is 1.29. The second-order valence-electron chi connectivity index (χ2n) is 2.24. The molecule has 6 heteroatoms. The summed E-state index contributed by atoms with van der Waals surface area (Å²) >= 11 is 13.7. The summed E-state index contributed by atoms with van der Waals surface area (Å²) in [5, 5.41) is -0.821. The van der Waals surface area contributed by atoms with Crippen molar-refractivity contribution >= 4 is 39.1 Å². The van der Waals surface area contributed by atoms with Crippen molar-refractivity contribution < 1.29 is 13.2 Å². The Balaban J connectivity index is 3.38. The van der Waals surface area contributed by atoms with E-state index in [0.29, 0.717) is 4.47 Å². The average Bonchev–Trinajstić information content (AvgIpc) is 1.78. The Hall–Kier alpha value is 0.0700. The molecule has 0 bridgehead atoms. The highest BCUT2D eigenvalue weighted by atomic mass is 79.9. The molecule has 0 N–H and O–H groups in total. The SMILES string of the molecule is FC(F)(F)c1c(Cl)cc(Br)cc1Cl. The first-order chi connectivity index (χ1) is 5.82. The second-order valence-corrected chi connectivity index (χ2v) is 3.97. The molecule has 0 amide bonds. The minimum absolute atomic E-state index is 0.410. The molecule has 72 valence electrons. The van der Waals surface area contributed by atoms with E-state index in [-0.39, 0.29) is 0 Å². The van der Waals surface area contributed by atoms with E-state index >= 15 is 0 Å². The molecule has 13 heavy (non-hydrogen) atoms. The molecule has 0 aliphatic carbocycles. The van der Waals surface area contributed by atoms with Crippen molar-refractivity contribution in [1.29, 1.82) is 0 Å². The Labute approximate surface area is 90.8 Å². The van der Waals surface area contributed by atoms with Crippen LogP contribution in [-0.4, -0.2) is 0 Å². The summed E-state index contributed by atoms with van der Waals surface area (Å²) in [5.41, 5.74) is -1.00. The number of alkyl halides is 3. The van der Waals surface area contributed by atoms with Crippen molar-refractivity contribution in [3.05, 3.63) is 32.2 Å². The van der Waals surface area contributed by atoms with Crippen LogP contribution in [0.3, 0.4) is 0 Å². The van der Waals surface area contributed by atoms with Crippen LogP contribution in [0, 0.1) is 0 Å². The van der Waals surface area contributed by atoms with E-state index in [1.807, 2.05) is 0 Å². The number of hydrogen-bond donors (Lipinski definition) is 0. The summed E-state index contributed by atoms with van der Waals surface area (Å²) in [5.74, 6) is 0. The van der Waals surface area contributed by atoms with Gasteiger partial charge < -0.3 is 0 Å². The average molecular weight is 294 g/mol. The summed E-state index contributed by atoms with van der Waals surface area (Å²) in [4.78, 5) is 0. The van der Waals surface area contributed by atoms with Crippen LogP contribution in [0.4, 0.5) is 13.2 Å². The summed E-state index contributed by atoms with van der Waals surface area (Å²) in [7, 11) is 0. The van der Waals surface area contributed by atoms with Crippen LogP contribution in [0.5, 0.6) is 0 Å². The normalized spacial score (nSPS) is 11.8. The molecule has 0 aliphatic rings. The Morgan fingerprint density at radius 1 is 1.08 bits per heavy atom. The van der Waals surface area contributed by atoms with E-state index in [1.165, 1.54) is 0 Å². The van der Waals surface area contributed by atoms with Crippen molar-refractivity contribution in [1.82, 2.24) is 0 Å². The Morgan fingerprint density at radius 3 is 1.77 bits per heavy atom. The molecule has 0 radical (unpaired) electrons. The molecule has 0 nitrogen and oxygen atoms in total. The zero-order valence-electron chi connectivity index (χ0n) is 5.92. The highest BCUT2D eigenvalue weighted by Gasteiger charge is 2.35. The first-order valence-electron chi connectivity index (χ1n) is 3.04. The monoisotopic (exact) mass is 292 g/mol. The molecule has 0 unspecified atom stereocenters. The van der Waals surface area contributed by atoms with Crippen molar-refractivity contribution in [2.24, 2.45) is 0 Å². The predicted molar refractivity (Wildman–Crippen MR) is 49.2 cm³/mol. The van der Waals surface area contributed by atoms with E-state index in [9.17, 15) is 13.2 Å². The zero-order chi connectivity index (χ0) is 10.2. The topological polar surface area (TPSA) is 0 Å². The van der Waals surface area contributed by atoms with Crippen LogP contribution in [0.25, 0.3) is 0 Å². The fourth-order valence-electron chi connectivity index (χ4n) is 0.813. The molecule has 0 spiro atoms. The quantitative estimate of drug-likeness (QED) is 0.646. The van der Waals surface area contributed by atoms with Crippen molar-refractivity contribution in [2.45, 2.75) is 6.18 Å². The van der Waals surface area contributed by atoms with Crippen molar-refractivity contribution in [3.8, 4) is 0 Å². The highest BCUT2D eigenvalue weighted by Crippen LogP contribution is 2.40. The lowest BCUT2D eigenvalue weighted by molar-refractivity contribution is -0.137. The van der Waals surface area contributed by atoms with Crippen LogP contribution in [-0.2, 0) is 6.18 Å². The lowest BCUT2D eigenvalue weighted by atomic mass is 10.2. The summed E-state index contributed by atoms with van der Waals surface area (Å²) < 4.78 is 37.2. The molecule has 0 atom stereocenters. The molecule has 1 aromatic carbocycles. The minimum Gasteiger partial charge on any atom is -0.166 e. The molecule has 1 aromatic rings. The molecule has 0 aliphatic heterocycles. The van der Waals surface area contributed by atoms with Crippen LogP contribution < -0.4 is 0 Å². The number of halogens is 6. The van der Waals surface area contributed by atoms with Gasteiger partial charge in [0, 0.05) is 4.47 Å².